The zero-order valence-corrected chi connectivity index (χ0v) is 12.7. The Bertz CT molecular complexity index is 257. The summed E-state index contributed by atoms with van der Waals surface area (Å²) in [6.45, 7) is 7.05. The van der Waals surface area contributed by atoms with Gasteiger partial charge >= 0.3 is 6.09 Å². The lowest BCUT2D eigenvalue weighted by Gasteiger charge is -2.15. The van der Waals surface area contributed by atoms with Gasteiger partial charge in [-0.2, -0.15) is 0 Å². The summed E-state index contributed by atoms with van der Waals surface area (Å²) in [7, 11) is 0. The molecule has 1 atom stereocenters. The minimum absolute atomic E-state index is 0.331. The van der Waals surface area contributed by atoms with Gasteiger partial charge in [0.1, 0.15) is 0 Å². The Labute approximate surface area is 115 Å². The zero-order valence-electron chi connectivity index (χ0n) is 11.9. The van der Waals surface area contributed by atoms with Gasteiger partial charge in [-0.1, -0.05) is 44.9 Å². The zero-order chi connectivity index (χ0) is 13.8. The van der Waals surface area contributed by atoms with Gasteiger partial charge in [0, 0.05) is 0 Å². The van der Waals surface area contributed by atoms with E-state index in [2.05, 4.69) is 18.8 Å². The number of carbonyl (C=O) groups is 1. The highest BCUT2D eigenvalue weighted by molar-refractivity contribution is 8.13. The summed E-state index contributed by atoms with van der Waals surface area (Å²) < 4.78 is 10.3. The highest BCUT2D eigenvalue weighted by Crippen LogP contribution is 2.14. The summed E-state index contributed by atoms with van der Waals surface area (Å²) in [5.74, 6) is 0.532. The van der Waals surface area contributed by atoms with E-state index in [4.69, 9.17) is 9.47 Å². The van der Waals surface area contributed by atoms with Crippen molar-refractivity contribution < 1.29 is 14.3 Å². The fourth-order valence-electron chi connectivity index (χ4n) is 1.45. The summed E-state index contributed by atoms with van der Waals surface area (Å²) in [4.78, 5) is 15.0. The number of amides is 1. The maximum absolute atomic E-state index is 11.2. The van der Waals surface area contributed by atoms with Crippen LogP contribution >= 0.6 is 11.8 Å². The molecule has 1 amide bonds. The van der Waals surface area contributed by atoms with Crippen molar-refractivity contribution in [2.75, 3.05) is 19.5 Å². The third-order valence-corrected chi connectivity index (χ3v) is 3.17. The molecular formula is C13H25NO3S. The molecule has 18 heavy (non-hydrogen) atoms. The second-order valence-electron chi connectivity index (χ2n) is 4.01. The quantitative estimate of drug-likeness (QED) is 0.518. The van der Waals surface area contributed by atoms with Crippen molar-refractivity contribution in [3.8, 4) is 0 Å². The molecule has 0 heterocycles. The first-order chi connectivity index (χ1) is 8.67. The molecule has 0 aliphatic carbocycles. The topological polar surface area (TPSA) is 47.9 Å². The Kier molecular flexibility index (Phi) is 10.9. The summed E-state index contributed by atoms with van der Waals surface area (Å²) in [6, 6.07) is 0. The first-order valence-corrected chi connectivity index (χ1v) is 7.82. The lowest BCUT2D eigenvalue weighted by Crippen LogP contribution is -2.13. The number of ether oxygens (including phenoxy) is 2. The normalized spacial score (nSPS) is 13.2. The lowest BCUT2D eigenvalue weighted by atomic mass is 10.0. The molecule has 0 N–H and O–H groups in total. The molecule has 0 bridgehead atoms. The molecule has 0 aliphatic heterocycles. The summed E-state index contributed by atoms with van der Waals surface area (Å²) in [6.07, 6.45) is 5.91. The molecule has 0 fully saturated rings. The first-order valence-electron chi connectivity index (χ1n) is 6.60. The van der Waals surface area contributed by atoms with E-state index in [1.54, 1.807) is 6.92 Å². The van der Waals surface area contributed by atoms with Crippen molar-refractivity contribution in [3.05, 3.63) is 0 Å². The molecule has 0 saturated heterocycles. The van der Waals surface area contributed by atoms with Crippen LogP contribution in [0, 0.1) is 5.92 Å². The third-order valence-electron chi connectivity index (χ3n) is 2.61. The lowest BCUT2D eigenvalue weighted by molar-refractivity contribution is 0.161. The van der Waals surface area contributed by atoms with Crippen LogP contribution in [0.1, 0.15) is 46.5 Å². The number of hydrogen-bond donors (Lipinski definition) is 0. The van der Waals surface area contributed by atoms with E-state index < -0.39 is 6.09 Å². The number of hydrogen-bond acceptors (Lipinski definition) is 4. The van der Waals surface area contributed by atoms with Crippen LogP contribution in [0.5, 0.6) is 0 Å². The van der Waals surface area contributed by atoms with Gasteiger partial charge in [-0.3, -0.25) is 0 Å². The van der Waals surface area contributed by atoms with Gasteiger partial charge in [0.2, 0.25) is 0 Å². The van der Waals surface area contributed by atoms with Gasteiger partial charge in [0.05, 0.1) is 13.2 Å². The average molecular weight is 275 g/mol. The molecule has 0 spiro atoms. The van der Waals surface area contributed by atoms with Crippen LogP contribution in [0.25, 0.3) is 0 Å². The van der Waals surface area contributed by atoms with Crippen LogP contribution in [0.3, 0.4) is 0 Å². The minimum atomic E-state index is -0.580. The van der Waals surface area contributed by atoms with Crippen molar-refractivity contribution in [1.82, 2.24) is 0 Å². The van der Waals surface area contributed by atoms with Crippen LogP contribution in [0.4, 0.5) is 4.79 Å². The largest absolute Gasteiger partial charge is 0.472 e. The maximum Gasteiger partial charge on any atom is 0.437 e. The molecule has 0 aliphatic rings. The van der Waals surface area contributed by atoms with E-state index in [0.717, 1.165) is 12.8 Å². The van der Waals surface area contributed by atoms with E-state index in [1.807, 2.05) is 6.26 Å². The fraction of sp³-hybridized carbons (Fsp3) is 0.846. The Morgan fingerprint density at radius 2 is 2.00 bits per heavy atom. The maximum atomic E-state index is 11.2. The van der Waals surface area contributed by atoms with E-state index in [1.165, 1.54) is 24.6 Å². The molecule has 106 valence electrons. The minimum Gasteiger partial charge on any atom is -0.472 e. The summed E-state index contributed by atoms with van der Waals surface area (Å²) in [5, 5.41) is 0.392. The van der Waals surface area contributed by atoms with Gasteiger partial charge in [-0.25, -0.2) is 4.79 Å². The number of nitrogens with zero attached hydrogens (tertiary/aromatic N) is 1. The molecule has 4 nitrogen and oxygen atoms in total. The highest BCUT2D eigenvalue weighted by atomic mass is 32.2. The van der Waals surface area contributed by atoms with Gasteiger partial charge in [0.15, 0.2) is 0 Å². The summed E-state index contributed by atoms with van der Waals surface area (Å²) >= 11 is 1.33. The van der Waals surface area contributed by atoms with Gasteiger partial charge in [-0.05, 0) is 25.5 Å². The van der Waals surface area contributed by atoms with Crippen LogP contribution in [-0.2, 0) is 9.47 Å². The highest BCUT2D eigenvalue weighted by Gasteiger charge is 2.10. The van der Waals surface area contributed by atoms with Gasteiger partial charge < -0.3 is 9.47 Å². The van der Waals surface area contributed by atoms with Crippen molar-refractivity contribution in [2.24, 2.45) is 10.9 Å². The predicted octanol–water partition coefficient (Wildman–Crippen LogP) is 4.09. The van der Waals surface area contributed by atoms with E-state index in [-0.39, 0.29) is 0 Å². The monoisotopic (exact) mass is 275 g/mol. The molecule has 0 radical (unpaired) electrons. The third kappa shape index (κ3) is 8.39. The van der Waals surface area contributed by atoms with E-state index in [9.17, 15) is 4.79 Å². The Balaban J connectivity index is 4.15. The predicted molar refractivity (Wildman–Crippen MR) is 77.2 cm³/mol. The number of unbranched alkanes of at least 4 members (excludes halogenated alkanes) is 1. The molecule has 0 saturated carbocycles. The average Bonchev–Trinajstić information content (AvgIpc) is 2.37. The second-order valence-corrected chi connectivity index (χ2v) is 4.77. The van der Waals surface area contributed by atoms with E-state index >= 15 is 0 Å². The fourth-order valence-corrected chi connectivity index (χ4v) is 1.81. The number of thioether (sulfide) groups is 1. The molecular weight excluding hydrogens is 250 g/mol. The molecule has 1 unspecified atom stereocenters. The van der Waals surface area contributed by atoms with Crippen LogP contribution in [-0.4, -0.2) is 30.8 Å². The van der Waals surface area contributed by atoms with Gasteiger partial charge in [0.25, 0.3) is 5.23 Å². The van der Waals surface area contributed by atoms with Crippen molar-refractivity contribution >= 4 is 23.1 Å². The second kappa shape index (κ2) is 11.4. The molecule has 0 rings (SSSR count). The molecule has 0 aromatic carbocycles. The van der Waals surface area contributed by atoms with E-state index in [0.29, 0.717) is 24.4 Å². The smallest absolute Gasteiger partial charge is 0.437 e. The number of rotatable bonds is 7. The number of aliphatic imine (C=N–C) groups is 1. The SMILES string of the molecule is CCCCC(CC)COC(=NC(=O)OCC)SC. The van der Waals surface area contributed by atoms with Crippen LogP contribution in [0.15, 0.2) is 4.99 Å². The molecule has 0 aromatic heterocycles. The standard InChI is InChI=1S/C13H25NO3S/c1-5-8-9-11(6-2)10-17-13(18-4)14-12(15)16-7-3/h11H,5-10H2,1-4H3. The van der Waals surface area contributed by atoms with Crippen molar-refractivity contribution in [1.29, 1.82) is 0 Å². The first kappa shape index (κ1) is 17.3. The van der Waals surface area contributed by atoms with Crippen LogP contribution < -0.4 is 0 Å². The van der Waals surface area contributed by atoms with Gasteiger partial charge in [-0.15, -0.1) is 4.99 Å². The Hall–Kier alpha value is -0.710. The molecule has 5 heteroatoms. The molecule has 0 aromatic rings. The summed E-state index contributed by atoms with van der Waals surface area (Å²) in [5.41, 5.74) is 0. The Morgan fingerprint density at radius 1 is 1.28 bits per heavy atom. The Morgan fingerprint density at radius 3 is 2.50 bits per heavy atom. The van der Waals surface area contributed by atoms with Crippen LogP contribution in [0.2, 0.25) is 0 Å². The number of carbonyl (C=O) groups excluding carboxylic acids is 1. The van der Waals surface area contributed by atoms with Crippen molar-refractivity contribution in [2.45, 2.75) is 46.5 Å². The van der Waals surface area contributed by atoms with Crippen molar-refractivity contribution in [3.63, 3.8) is 0 Å².